The smallest absolute Gasteiger partial charge is 0.414 e. The largest absolute Gasteiger partial charge is 0.443 e. The molecule has 1 aromatic heterocycles. The third-order valence-corrected chi connectivity index (χ3v) is 16.1. The van der Waals surface area contributed by atoms with E-state index in [1.165, 1.54) is 16.7 Å². The van der Waals surface area contributed by atoms with E-state index < -0.39 is 32.5 Å². The fourth-order valence-corrected chi connectivity index (χ4v) is 11.7. The number of fused-ring (bicyclic) bond motifs is 4. The summed E-state index contributed by atoms with van der Waals surface area (Å²) >= 11 is 0. The minimum Gasteiger partial charge on any atom is -0.443 e. The van der Waals surface area contributed by atoms with Crippen molar-refractivity contribution in [1.29, 1.82) is 0 Å². The highest BCUT2D eigenvalue weighted by atomic mass is 32.2. The van der Waals surface area contributed by atoms with Crippen LogP contribution >= 0.6 is 0 Å². The van der Waals surface area contributed by atoms with Gasteiger partial charge in [-0.15, -0.1) is 0 Å². The zero-order valence-corrected chi connectivity index (χ0v) is 58.9. The number of rotatable bonds is 10. The van der Waals surface area contributed by atoms with Crippen LogP contribution in [0.2, 0.25) is 0 Å². The normalized spacial score (nSPS) is 16.5. The molecule has 0 radical (unpaired) electrons. The Morgan fingerprint density at radius 3 is 1.13 bits per heavy atom. The molecule has 0 bridgehead atoms. The van der Waals surface area contributed by atoms with Crippen molar-refractivity contribution in [3.63, 3.8) is 0 Å². The summed E-state index contributed by atoms with van der Waals surface area (Å²) in [5, 5.41) is 13.3. The van der Waals surface area contributed by atoms with E-state index >= 15 is 0 Å². The fraction of sp³-hybridized carbons (Fsp3) is 0.542. The first-order valence-corrected chi connectivity index (χ1v) is 33.2. The van der Waals surface area contributed by atoms with Crippen molar-refractivity contribution >= 4 is 63.3 Å². The molecule has 4 aliphatic rings. The molecule has 18 nitrogen and oxygen atoms in total. The number of carbonyl (C=O) groups is 4. The lowest BCUT2D eigenvalue weighted by molar-refractivity contribution is 0.0568. The maximum absolute atomic E-state index is 12.6. The van der Waals surface area contributed by atoms with Gasteiger partial charge in [-0.25, -0.2) is 19.2 Å². The monoisotopic (exact) mass is 1270 g/mol. The second-order valence-corrected chi connectivity index (χ2v) is 32.2. The van der Waals surface area contributed by atoms with Gasteiger partial charge in [0.05, 0.1) is 35.6 Å². The molecular formula is C72H102N6O12S. The van der Waals surface area contributed by atoms with Crippen LogP contribution in [-0.2, 0) is 80.7 Å². The van der Waals surface area contributed by atoms with Crippen molar-refractivity contribution in [1.82, 2.24) is 9.78 Å². The van der Waals surface area contributed by atoms with Crippen molar-refractivity contribution in [3.8, 4) is 0 Å². The van der Waals surface area contributed by atoms with Gasteiger partial charge in [-0.1, -0.05) is 111 Å². The Balaban J connectivity index is 0.000000194. The van der Waals surface area contributed by atoms with Crippen LogP contribution in [0.5, 0.6) is 0 Å². The fourth-order valence-electron chi connectivity index (χ4n) is 11.3. The van der Waals surface area contributed by atoms with Crippen molar-refractivity contribution in [2.24, 2.45) is 0 Å². The zero-order chi connectivity index (χ0) is 68.3. The van der Waals surface area contributed by atoms with E-state index in [0.717, 1.165) is 69.8 Å². The summed E-state index contributed by atoms with van der Waals surface area (Å²) in [6.45, 7) is 46.8. The Kier molecular flexibility index (Phi) is 22.0. The second-order valence-electron chi connectivity index (χ2n) is 30.6. The summed E-state index contributed by atoms with van der Waals surface area (Å²) in [5.74, 6) is 0. The van der Waals surface area contributed by atoms with Crippen LogP contribution in [-0.4, -0.2) is 116 Å². The Morgan fingerprint density at radius 1 is 0.516 bits per heavy atom. The van der Waals surface area contributed by atoms with E-state index in [4.69, 9.17) is 28.2 Å². The van der Waals surface area contributed by atoms with Crippen molar-refractivity contribution in [3.05, 3.63) is 142 Å². The molecule has 91 heavy (non-hydrogen) atoms. The summed E-state index contributed by atoms with van der Waals surface area (Å²) in [5.41, 5.74) is 10.1. The van der Waals surface area contributed by atoms with Crippen LogP contribution in [0.4, 0.5) is 41.9 Å². The number of aromatic nitrogens is 2. The molecule has 0 spiro atoms. The molecule has 19 heteroatoms. The molecule has 4 amide bonds. The average molecular weight is 1280 g/mol. The number of ether oxygens (including phenoxy) is 4. The van der Waals surface area contributed by atoms with Gasteiger partial charge >= 0.3 is 24.4 Å². The number of hydrogen-bond donors (Lipinski definition) is 1. The first-order chi connectivity index (χ1) is 41.7. The zero-order valence-electron chi connectivity index (χ0n) is 58.0. The molecule has 1 N–H and O–H groups in total. The van der Waals surface area contributed by atoms with Crippen molar-refractivity contribution in [2.45, 2.75) is 208 Å². The Hall–Kier alpha value is -7.22. The maximum Gasteiger partial charge on any atom is 0.414 e. The third kappa shape index (κ3) is 19.9. The first-order valence-electron chi connectivity index (χ1n) is 31.3. The molecular weight excluding hydrogens is 1170 g/mol. The molecule has 498 valence electrons. The van der Waals surface area contributed by atoms with Gasteiger partial charge in [0, 0.05) is 73.4 Å². The highest BCUT2D eigenvalue weighted by molar-refractivity contribution is 7.86. The number of aryl methyl sites for hydroxylation is 2. The lowest BCUT2D eigenvalue weighted by atomic mass is 9.86. The standard InChI is InChI=1S/C20H27N3O2.C18H27NO5S.C17H25NO3.C17H23NO2/c1-19(2,3)25-18(24)23-14-20(4,5)16-13-15(7-8-17(16)23)9-12-22-11-6-10-21-22;1-17(2,3)24-16(20)19-12-18(4,5)14-11-13(7-8-15(14)19)9-10-23-25(6,21)22;1-16(2,3)21-15(20)18-11-17(4,5)13-10-12(8-9-19)6-7-14(13)18;1-7-12-8-9-14-13(10-12)17(5,6)11-18(14)15(19)20-16(2,3)4/h6-8,10-11,13H,9,12,14H2,1-5H3;7-8,11H,9-10,12H2,1-6H3;6-7,10,19H,8-9,11H2,1-5H3;7-10H,1,11H2,2-6H3. The summed E-state index contributed by atoms with van der Waals surface area (Å²) in [7, 11) is -3.44. The van der Waals surface area contributed by atoms with Gasteiger partial charge in [0.25, 0.3) is 10.1 Å². The number of aliphatic hydroxyl groups is 1. The number of benzene rings is 4. The van der Waals surface area contributed by atoms with Crippen LogP contribution in [0.1, 0.15) is 183 Å². The first kappa shape index (κ1) is 72.8. The van der Waals surface area contributed by atoms with Gasteiger partial charge in [-0.05, 0) is 183 Å². The predicted octanol–water partition coefficient (Wildman–Crippen LogP) is 15.0. The van der Waals surface area contributed by atoms with Gasteiger partial charge < -0.3 is 24.1 Å². The number of aliphatic hydroxyl groups excluding tert-OH is 1. The third-order valence-electron chi connectivity index (χ3n) is 15.5. The molecule has 5 heterocycles. The topological polar surface area (TPSA) is 200 Å². The summed E-state index contributed by atoms with van der Waals surface area (Å²) < 4.78 is 50.9. The average Bonchev–Trinajstić information content (AvgIpc) is 1.67. The lowest BCUT2D eigenvalue weighted by Gasteiger charge is -2.25. The van der Waals surface area contributed by atoms with E-state index in [-0.39, 0.29) is 59.2 Å². The van der Waals surface area contributed by atoms with Gasteiger partial charge in [0.2, 0.25) is 0 Å². The molecule has 4 aliphatic heterocycles. The Labute approximate surface area is 542 Å². The van der Waals surface area contributed by atoms with E-state index in [1.807, 2.05) is 155 Å². The number of amides is 4. The maximum atomic E-state index is 12.6. The Bertz CT molecular complexity index is 3540. The van der Waals surface area contributed by atoms with E-state index in [2.05, 4.69) is 91.3 Å². The molecule has 0 saturated carbocycles. The van der Waals surface area contributed by atoms with Gasteiger partial charge in [-0.2, -0.15) is 13.5 Å². The Morgan fingerprint density at radius 2 is 0.835 bits per heavy atom. The predicted molar refractivity (Wildman–Crippen MR) is 364 cm³/mol. The molecule has 0 fully saturated rings. The van der Waals surface area contributed by atoms with E-state index in [9.17, 15) is 27.6 Å². The second kappa shape index (κ2) is 27.5. The van der Waals surface area contributed by atoms with Gasteiger partial charge in [0.1, 0.15) is 22.4 Å². The quantitative estimate of drug-likeness (QED) is 0.102. The van der Waals surface area contributed by atoms with Crippen LogP contribution < -0.4 is 19.6 Å². The van der Waals surface area contributed by atoms with Crippen LogP contribution in [0.15, 0.2) is 97.8 Å². The molecule has 0 saturated heterocycles. The minimum atomic E-state index is -3.44. The van der Waals surface area contributed by atoms with Crippen LogP contribution in [0.25, 0.3) is 6.08 Å². The highest BCUT2D eigenvalue weighted by Crippen LogP contribution is 2.45. The van der Waals surface area contributed by atoms with Crippen LogP contribution in [0, 0.1) is 0 Å². The highest BCUT2D eigenvalue weighted by Gasteiger charge is 2.44. The summed E-state index contributed by atoms with van der Waals surface area (Å²) in [4.78, 5) is 56.7. The molecule has 0 atom stereocenters. The minimum absolute atomic E-state index is 0.0781. The molecule has 4 aromatic carbocycles. The summed E-state index contributed by atoms with van der Waals surface area (Å²) in [6.07, 6.45) is 7.46. The van der Waals surface area contributed by atoms with Crippen molar-refractivity contribution in [2.75, 3.05) is 65.2 Å². The SMILES string of the molecule is C=Cc1ccc2c(c1)C(C)(C)CN2C(=O)OC(C)(C)C.CC(C)(C)OC(=O)N1CC(C)(C)c2cc(CCO)ccc21.CC(C)(C)OC(=O)N1CC(C)(C)c2cc(CCOS(C)(=O)=O)ccc21.CC(C)(C)OC(=O)N1CC(C)(C)c2cc(CCn3cccn3)ccc21. The number of anilines is 4. The lowest BCUT2D eigenvalue weighted by Crippen LogP contribution is -2.38. The van der Waals surface area contributed by atoms with Gasteiger partial charge in [0.15, 0.2) is 0 Å². The number of nitrogens with zero attached hydrogens (tertiary/aromatic N) is 6. The van der Waals surface area contributed by atoms with Crippen LogP contribution in [0.3, 0.4) is 0 Å². The molecule has 0 unspecified atom stereocenters. The molecule has 5 aromatic rings. The summed E-state index contributed by atoms with van der Waals surface area (Å²) in [6, 6.07) is 26.2. The number of carbonyl (C=O) groups excluding carboxylic acids is 4. The van der Waals surface area contributed by atoms with Crippen molar-refractivity contribution < 1.29 is 55.8 Å². The number of hydrogen-bond acceptors (Lipinski definition) is 13. The molecule has 9 rings (SSSR count). The van der Waals surface area contributed by atoms with E-state index in [1.54, 1.807) is 25.8 Å². The molecule has 0 aliphatic carbocycles. The van der Waals surface area contributed by atoms with E-state index in [0.29, 0.717) is 39.0 Å². The van der Waals surface area contributed by atoms with Gasteiger partial charge in [-0.3, -0.25) is 28.5 Å².